The van der Waals surface area contributed by atoms with Crippen LogP contribution in [0.5, 0.6) is 0 Å². The molecule has 9 heteroatoms. The maximum atomic E-state index is 11.4. The fraction of sp³-hybridized carbons (Fsp3) is 0.667. The van der Waals surface area contributed by atoms with E-state index in [1.807, 2.05) is 13.8 Å². The van der Waals surface area contributed by atoms with E-state index < -0.39 is 0 Å². The first-order valence-electron chi connectivity index (χ1n) is 10.7. The number of methoxy groups -OCH3 is 1. The number of carbonyl (C=O) groups is 1. The van der Waals surface area contributed by atoms with Gasteiger partial charge in [-0.05, 0) is 52.4 Å². The molecule has 0 saturated carbocycles. The molecule has 2 aromatic heterocycles. The third-order valence-electron chi connectivity index (χ3n) is 5.45. The number of hydrogen-bond donors (Lipinski definition) is 1. The lowest BCUT2D eigenvalue weighted by molar-refractivity contribution is 0.0594. The second-order valence-corrected chi connectivity index (χ2v) is 10.0. The third-order valence-corrected chi connectivity index (χ3v) is 7.55. The number of nitrogens with zero attached hydrogens (tertiary/aromatic N) is 4. The van der Waals surface area contributed by atoms with Crippen LogP contribution >= 0.6 is 22.7 Å². The van der Waals surface area contributed by atoms with E-state index in [1.165, 1.54) is 45.6 Å². The Bertz CT molecular complexity index is 824. The fourth-order valence-corrected chi connectivity index (χ4v) is 5.59. The lowest BCUT2D eigenvalue weighted by Crippen LogP contribution is -2.29. The molecule has 4 rings (SSSR count). The average Bonchev–Trinajstić information content (AvgIpc) is 3.37. The Morgan fingerprint density at radius 2 is 1.40 bits per heavy atom. The molecule has 4 heterocycles. The van der Waals surface area contributed by atoms with Crippen LogP contribution in [0.25, 0.3) is 0 Å². The molecule has 30 heavy (non-hydrogen) atoms. The van der Waals surface area contributed by atoms with Gasteiger partial charge in [0.25, 0.3) is 0 Å². The normalized spacial score (nSPS) is 16.8. The molecule has 2 fully saturated rings. The van der Waals surface area contributed by atoms with Gasteiger partial charge in [-0.1, -0.05) is 0 Å². The zero-order valence-electron chi connectivity index (χ0n) is 18.1. The van der Waals surface area contributed by atoms with E-state index in [9.17, 15) is 4.79 Å². The summed E-state index contributed by atoms with van der Waals surface area (Å²) in [4.78, 5) is 26.9. The highest BCUT2D eigenvalue weighted by atomic mass is 32.1. The second kappa shape index (κ2) is 11.1. The van der Waals surface area contributed by atoms with E-state index >= 15 is 0 Å². The van der Waals surface area contributed by atoms with Gasteiger partial charge in [-0.25, -0.2) is 14.8 Å². The monoisotopic (exact) mass is 452 g/mol. The molecule has 0 radical (unpaired) electrons. The van der Waals surface area contributed by atoms with Crippen molar-refractivity contribution in [1.82, 2.24) is 9.97 Å². The van der Waals surface area contributed by atoms with E-state index in [0.717, 1.165) is 51.9 Å². The van der Waals surface area contributed by atoms with Crippen molar-refractivity contribution < 1.29 is 14.6 Å². The molecule has 166 valence electrons. The molecule has 0 spiro atoms. The smallest absolute Gasteiger partial charge is 0.357 e. The summed E-state index contributed by atoms with van der Waals surface area (Å²) in [6.07, 6.45) is 7.61. The van der Waals surface area contributed by atoms with Crippen molar-refractivity contribution in [2.45, 2.75) is 59.0 Å². The van der Waals surface area contributed by atoms with Crippen molar-refractivity contribution >= 4 is 38.9 Å². The molecule has 0 amide bonds. The van der Waals surface area contributed by atoms with Gasteiger partial charge in [0.2, 0.25) is 0 Å². The van der Waals surface area contributed by atoms with Crippen LogP contribution in [-0.2, 0) is 11.3 Å². The molecule has 0 aliphatic carbocycles. The molecule has 2 saturated heterocycles. The zero-order valence-corrected chi connectivity index (χ0v) is 19.8. The fourth-order valence-electron chi connectivity index (χ4n) is 3.67. The molecule has 2 aliphatic rings. The Morgan fingerprint density at radius 1 is 0.900 bits per heavy atom. The van der Waals surface area contributed by atoms with Crippen LogP contribution in [0.3, 0.4) is 0 Å². The lowest BCUT2D eigenvalue weighted by atomic mass is 10.1. The summed E-state index contributed by atoms with van der Waals surface area (Å²) in [5, 5.41) is 11.1. The van der Waals surface area contributed by atoms with E-state index in [4.69, 9.17) is 9.84 Å². The van der Waals surface area contributed by atoms with Gasteiger partial charge < -0.3 is 19.6 Å². The minimum absolute atomic E-state index is 0.0656. The SMILES string of the molecule is COC(=O)c1nc(N2CCCCC2)sc1C.Cc1sc(N2CCCCC2)nc1CO. The first-order valence-corrected chi connectivity index (χ1v) is 12.3. The van der Waals surface area contributed by atoms with Gasteiger partial charge in [-0.2, -0.15) is 0 Å². The minimum atomic E-state index is -0.336. The highest BCUT2D eigenvalue weighted by Crippen LogP contribution is 2.29. The number of aryl methyl sites for hydroxylation is 2. The van der Waals surface area contributed by atoms with Crippen LogP contribution in [0.4, 0.5) is 10.3 Å². The number of aromatic nitrogens is 2. The van der Waals surface area contributed by atoms with Crippen LogP contribution in [0, 0.1) is 13.8 Å². The van der Waals surface area contributed by atoms with Crippen molar-refractivity contribution in [3.05, 3.63) is 21.1 Å². The van der Waals surface area contributed by atoms with Gasteiger partial charge in [-0.3, -0.25) is 0 Å². The van der Waals surface area contributed by atoms with Crippen LogP contribution < -0.4 is 9.80 Å². The molecular formula is C21H32N4O3S2. The van der Waals surface area contributed by atoms with Gasteiger partial charge in [0.15, 0.2) is 16.0 Å². The van der Waals surface area contributed by atoms with Crippen LogP contribution in [0.2, 0.25) is 0 Å². The topological polar surface area (TPSA) is 78.8 Å². The minimum Gasteiger partial charge on any atom is -0.464 e. The van der Waals surface area contributed by atoms with E-state index in [0.29, 0.717) is 5.69 Å². The third kappa shape index (κ3) is 5.70. The summed E-state index contributed by atoms with van der Waals surface area (Å²) >= 11 is 3.28. The van der Waals surface area contributed by atoms with Crippen molar-refractivity contribution in [2.24, 2.45) is 0 Å². The molecule has 2 aromatic rings. The Balaban J connectivity index is 0.000000172. The summed E-state index contributed by atoms with van der Waals surface area (Å²) in [6, 6.07) is 0. The Kier molecular flexibility index (Phi) is 8.47. The number of hydrogen-bond acceptors (Lipinski definition) is 9. The summed E-state index contributed by atoms with van der Waals surface area (Å²) in [5.74, 6) is -0.336. The predicted octanol–water partition coefficient (Wildman–Crippen LogP) is 4.16. The standard InChI is InChI=1S/C11H16N2O2S.C10H16N2OS/c1-8-9(10(14)15-2)12-11(16-8)13-6-4-3-5-7-13;1-8-9(7-13)11-10(14-8)12-5-3-2-4-6-12/h3-7H2,1-2H3;13H,2-7H2,1H3. The van der Waals surface area contributed by atoms with Crippen molar-refractivity contribution in [3.8, 4) is 0 Å². The van der Waals surface area contributed by atoms with Crippen LogP contribution in [-0.4, -0.2) is 54.3 Å². The van der Waals surface area contributed by atoms with Crippen LogP contribution in [0.1, 0.15) is 64.5 Å². The number of rotatable bonds is 4. The maximum absolute atomic E-state index is 11.4. The van der Waals surface area contributed by atoms with E-state index in [-0.39, 0.29) is 12.6 Å². The first kappa shape index (κ1) is 23.0. The quantitative estimate of drug-likeness (QED) is 0.698. The molecular weight excluding hydrogens is 420 g/mol. The predicted molar refractivity (Wildman–Crippen MR) is 123 cm³/mol. The van der Waals surface area contributed by atoms with Crippen molar-refractivity contribution in [3.63, 3.8) is 0 Å². The number of carbonyl (C=O) groups excluding carboxylic acids is 1. The van der Waals surface area contributed by atoms with E-state index in [2.05, 4.69) is 19.8 Å². The number of aliphatic hydroxyl groups excluding tert-OH is 1. The van der Waals surface area contributed by atoms with Crippen LogP contribution in [0.15, 0.2) is 0 Å². The molecule has 2 aliphatic heterocycles. The van der Waals surface area contributed by atoms with Gasteiger partial charge in [0, 0.05) is 35.9 Å². The number of piperidine rings is 2. The molecule has 1 N–H and O–H groups in total. The molecule has 0 atom stereocenters. The van der Waals surface area contributed by atoms with Crippen molar-refractivity contribution in [1.29, 1.82) is 0 Å². The summed E-state index contributed by atoms with van der Waals surface area (Å²) in [5.41, 5.74) is 1.31. The maximum Gasteiger partial charge on any atom is 0.357 e. The Hall–Kier alpha value is -1.71. The summed E-state index contributed by atoms with van der Waals surface area (Å²) in [7, 11) is 1.39. The molecule has 0 unspecified atom stereocenters. The van der Waals surface area contributed by atoms with Gasteiger partial charge in [0.1, 0.15) is 0 Å². The Labute approximate surface area is 186 Å². The molecule has 0 bridgehead atoms. The largest absolute Gasteiger partial charge is 0.464 e. The number of anilines is 2. The number of ether oxygens (including phenoxy) is 1. The Morgan fingerprint density at radius 3 is 1.87 bits per heavy atom. The highest BCUT2D eigenvalue weighted by molar-refractivity contribution is 7.16. The van der Waals surface area contributed by atoms with E-state index in [1.54, 1.807) is 22.7 Å². The summed E-state index contributed by atoms with van der Waals surface area (Å²) < 4.78 is 4.70. The van der Waals surface area contributed by atoms with Gasteiger partial charge >= 0.3 is 5.97 Å². The average molecular weight is 453 g/mol. The van der Waals surface area contributed by atoms with Gasteiger partial charge in [-0.15, -0.1) is 22.7 Å². The molecule has 7 nitrogen and oxygen atoms in total. The summed E-state index contributed by atoms with van der Waals surface area (Å²) in [6.45, 7) is 8.35. The zero-order chi connectivity index (χ0) is 21.5. The number of aliphatic hydroxyl groups is 1. The number of esters is 1. The van der Waals surface area contributed by atoms with Gasteiger partial charge in [0.05, 0.1) is 19.4 Å². The lowest BCUT2D eigenvalue weighted by Gasteiger charge is -2.25. The molecule has 0 aromatic carbocycles. The number of thiazole rings is 2. The highest BCUT2D eigenvalue weighted by Gasteiger charge is 2.20. The second-order valence-electron chi connectivity index (χ2n) is 7.65. The van der Waals surface area contributed by atoms with Crippen molar-refractivity contribution in [2.75, 3.05) is 43.1 Å². The first-order chi connectivity index (χ1) is 14.5.